The Balaban J connectivity index is 1.78. The number of rotatable bonds is 9. The van der Waals surface area contributed by atoms with Crippen LogP contribution in [-0.4, -0.2) is 37.4 Å². The second-order valence-corrected chi connectivity index (χ2v) is 6.27. The standard InChI is InChI=1S/C21H26N2O5/c1-15(24)28-12-4-6-16-5-3-7-18(13-16)23-21(26)22-14-20(25)17-8-10-19(27-2)11-9-17/h3,5,7-11,13,20,25H,4,6,12,14H2,1-2H3,(H2,22,23,26)/t20-/m1/s1. The fourth-order valence-corrected chi connectivity index (χ4v) is 2.61. The third kappa shape index (κ3) is 7.28. The molecule has 3 N–H and O–H groups in total. The quantitative estimate of drug-likeness (QED) is 0.455. The van der Waals surface area contributed by atoms with Crippen molar-refractivity contribution in [3.05, 3.63) is 59.7 Å². The molecule has 0 spiro atoms. The molecule has 2 rings (SSSR count). The van der Waals surface area contributed by atoms with E-state index in [0.29, 0.717) is 30.0 Å². The van der Waals surface area contributed by atoms with E-state index in [1.165, 1.54) is 6.92 Å². The van der Waals surface area contributed by atoms with Crippen LogP contribution in [0.15, 0.2) is 48.5 Å². The second kappa shape index (κ2) is 10.9. The van der Waals surface area contributed by atoms with Gasteiger partial charge in [-0.05, 0) is 48.2 Å². The highest BCUT2D eigenvalue weighted by Gasteiger charge is 2.10. The Morgan fingerprint density at radius 2 is 1.89 bits per heavy atom. The molecule has 1 atom stereocenters. The van der Waals surface area contributed by atoms with Crippen LogP contribution in [-0.2, 0) is 16.0 Å². The molecule has 2 aromatic carbocycles. The van der Waals surface area contributed by atoms with Crippen LogP contribution in [0.3, 0.4) is 0 Å². The van der Waals surface area contributed by atoms with E-state index in [1.807, 2.05) is 18.2 Å². The topological polar surface area (TPSA) is 96.9 Å². The zero-order valence-corrected chi connectivity index (χ0v) is 16.1. The molecule has 7 nitrogen and oxygen atoms in total. The molecule has 0 aliphatic rings. The number of aliphatic hydroxyl groups is 1. The first kappa shape index (κ1) is 21.2. The van der Waals surface area contributed by atoms with E-state index in [2.05, 4.69) is 10.6 Å². The number of anilines is 1. The zero-order valence-electron chi connectivity index (χ0n) is 16.1. The first-order valence-electron chi connectivity index (χ1n) is 9.07. The van der Waals surface area contributed by atoms with Crippen LogP contribution in [0.1, 0.15) is 30.6 Å². The smallest absolute Gasteiger partial charge is 0.319 e. The molecule has 28 heavy (non-hydrogen) atoms. The van der Waals surface area contributed by atoms with Gasteiger partial charge in [-0.15, -0.1) is 0 Å². The highest BCUT2D eigenvalue weighted by molar-refractivity contribution is 5.89. The van der Waals surface area contributed by atoms with Crippen LogP contribution in [0.25, 0.3) is 0 Å². The Morgan fingerprint density at radius 1 is 1.14 bits per heavy atom. The summed E-state index contributed by atoms with van der Waals surface area (Å²) in [6.45, 7) is 1.84. The molecule has 0 bridgehead atoms. The van der Waals surface area contributed by atoms with Crippen LogP contribution in [0.2, 0.25) is 0 Å². The number of methoxy groups -OCH3 is 1. The Hall–Kier alpha value is -3.06. The minimum absolute atomic E-state index is 0.0836. The minimum Gasteiger partial charge on any atom is -0.497 e. The van der Waals surface area contributed by atoms with Crippen molar-refractivity contribution in [2.45, 2.75) is 25.9 Å². The molecule has 0 aliphatic heterocycles. The molecule has 0 saturated carbocycles. The van der Waals surface area contributed by atoms with Gasteiger partial charge in [0, 0.05) is 19.2 Å². The number of esters is 1. The molecule has 150 valence electrons. The predicted molar refractivity (Wildman–Crippen MR) is 106 cm³/mol. The van der Waals surface area contributed by atoms with Crippen LogP contribution in [0.5, 0.6) is 5.75 Å². The number of benzene rings is 2. The molecule has 7 heteroatoms. The molecule has 0 unspecified atom stereocenters. The van der Waals surface area contributed by atoms with Gasteiger partial charge in [0.1, 0.15) is 5.75 Å². The number of nitrogens with one attached hydrogen (secondary N) is 2. The summed E-state index contributed by atoms with van der Waals surface area (Å²) in [5.74, 6) is 0.415. The molecule has 0 saturated heterocycles. The monoisotopic (exact) mass is 386 g/mol. The average Bonchev–Trinajstić information content (AvgIpc) is 2.69. The van der Waals surface area contributed by atoms with Crippen molar-refractivity contribution in [2.24, 2.45) is 0 Å². The SMILES string of the molecule is COc1ccc([C@H](O)CNC(=O)Nc2cccc(CCCOC(C)=O)c2)cc1. The van der Waals surface area contributed by atoms with Crippen LogP contribution >= 0.6 is 0 Å². The summed E-state index contributed by atoms with van der Waals surface area (Å²) < 4.78 is 9.99. The number of amides is 2. The van der Waals surface area contributed by atoms with Crippen molar-refractivity contribution in [1.82, 2.24) is 5.32 Å². The summed E-state index contributed by atoms with van der Waals surface area (Å²) in [5, 5.41) is 15.6. The Kier molecular flexibility index (Phi) is 8.30. The lowest BCUT2D eigenvalue weighted by Crippen LogP contribution is -2.32. The highest BCUT2D eigenvalue weighted by atomic mass is 16.5. The van der Waals surface area contributed by atoms with E-state index in [9.17, 15) is 14.7 Å². The molecule has 0 fully saturated rings. The van der Waals surface area contributed by atoms with Crippen molar-refractivity contribution < 1.29 is 24.2 Å². The number of ether oxygens (including phenoxy) is 2. The molecule has 0 heterocycles. The van der Waals surface area contributed by atoms with E-state index < -0.39 is 12.1 Å². The van der Waals surface area contributed by atoms with Gasteiger partial charge >= 0.3 is 12.0 Å². The maximum Gasteiger partial charge on any atom is 0.319 e. The number of carbonyl (C=O) groups is 2. The summed E-state index contributed by atoms with van der Waals surface area (Å²) in [4.78, 5) is 22.8. The summed E-state index contributed by atoms with van der Waals surface area (Å²) >= 11 is 0. The van der Waals surface area contributed by atoms with Gasteiger partial charge < -0.3 is 25.2 Å². The summed E-state index contributed by atoms with van der Waals surface area (Å²) in [6, 6.07) is 14.1. The lowest BCUT2D eigenvalue weighted by atomic mass is 10.1. The van der Waals surface area contributed by atoms with Crippen LogP contribution in [0, 0.1) is 0 Å². The van der Waals surface area contributed by atoms with E-state index in [-0.39, 0.29) is 12.5 Å². The van der Waals surface area contributed by atoms with Gasteiger partial charge in [-0.2, -0.15) is 0 Å². The highest BCUT2D eigenvalue weighted by Crippen LogP contribution is 2.17. The van der Waals surface area contributed by atoms with Gasteiger partial charge in [0.15, 0.2) is 0 Å². The number of carbonyl (C=O) groups excluding carboxylic acids is 2. The third-order valence-electron chi connectivity index (χ3n) is 4.06. The summed E-state index contributed by atoms with van der Waals surface area (Å²) in [7, 11) is 1.58. The van der Waals surface area contributed by atoms with Gasteiger partial charge in [-0.25, -0.2) is 4.79 Å². The third-order valence-corrected chi connectivity index (χ3v) is 4.06. The number of aliphatic hydroxyl groups excluding tert-OH is 1. The lowest BCUT2D eigenvalue weighted by Gasteiger charge is -2.14. The maximum absolute atomic E-state index is 12.1. The van der Waals surface area contributed by atoms with Crippen LogP contribution in [0.4, 0.5) is 10.5 Å². The Labute approximate surface area is 164 Å². The molecule has 2 amide bonds. The Bertz CT molecular complexity index is 777. The number of hydrogen-bond acceptors (Lipinski definition) is 5. The zero-order chi connectivity index (χ0) is 20.4. The number of aryl methyl sites for hydroxylation is 1. The van der Waals surface area contributed by atoms with Gasteiger partial charge in [0.2, 0.25) is 0 Å². The fraction of sp³-hybridized carbons (Fsp3) is 0.333. The normalized spacial score (nSPS) is 11.4. The molecular weight excluding hydrogens is 360 g/mol. The molecule has 0 radical (unpaired) electrons. The number of hydrogen-bond donors (Lipinski definition) is 3. The van der Waals surface area contributed by atoms with E-state index in [4.69, 9.17) is 9.47 Å². The minimum atomic E-state index is -0.815. The maximum atomic E-state index is 12.1. The van der Waals surface area contributed by atoms with E-state index >= 15 is 0 Å². The van der Waals surface area contributed by atoms with E-state index in [0.717, 1.165) is 12.0 Å². The van der Waals surface area contributed by atoms with Crippen molar-refractivity contribution in [1.29, 1.82) is 0 Å². The van der Waals surface area contributed by atoms with Gasteiger partial charge in [0.05, 0.1) is 19.8 Å². The predicted octanol–water partition coefficient (Wildman–Crippen LogP) is 3.05. The lowest BCUT2D eigenvalue weighted by molar-refractivity contribution is -0.141. The first-order valence-corrected chi connectivity index (χ1v) is 9.07. The summed E-state index contributed by atoms with van der Waals surface area (Å²) in [6.07, 6.45) is 0.633. The second-order valence-electron chi connectivity index (χ2n) is 6.27. The van der Waals surface area contributed by atoms with Crippen molar-refractivity contribution >= 4 is 17.7 Å². The van der Waals surface area contributed by atoms with Gasteiger partial charge in [0.25, 0.3) is 0 Å². The number of urea groups is 1. The molecule has 0 aliphatic carbocycles. The fourth-order valence-electron chi connectivity index (χ4n) is 2.61. The average molecular weight is 386 g/mol. The van der Waals surface area contributed by atoms with Crippen molar-refractivity contribution in [3.8, 4) is 5.75 Å². The Morgan fingerprint density at radius 3 is 2.57 bits per heavy atom. The molecule has 2 aromatic rings. The summed E-state index contributed by atoms with van der Waals surface area (Å²) in [5.41, 5.74) is 2.38. The van der Waals surface area contributed by atoms with Crippen molar-refractivity contribution in [3.63, 3.8) is 0 Å². The van der Waals surface area contributed by atoms with Crippen molar-refractivity contribution in [2.75, 3.05) is 25.6 Å². The van der Waals surface area contributed by atoms with Gasteiger partial charge in [-0.3, -0.25) is 4.79 Å². The first-order chi connectivity index (χ1) is 13.5. The van der Waals surface area contributed by atoms with Gasteiger partial charge in [-0.1, -0.05) is 24.3 Å². The van der Waals surface area contributed by atoms with Crippen LogP contribution < -0.4 is 15.4 Å². The molecular formula is C21H26N2O5. The largest absolute Gasteiger partial charge is 0.497 e. The van der Waals surface area contributed by atoms with E-state index in [1.54, 1.807) is 37.4 Å². The molecule has 0 aromatic heterocycles.